The Morgan fingerprint density at radius 3 is 2.82 bits per heavy atom. The second kappa shape index (κ2) is 7.00. The van der Waals surface area contributed by atoms with E-state index in [0.717, 1.165) is 37.0 Å². The van der Waals surface area contributed by atoms with Crippen molar-refractivity contribution in [1.82, 2.24) is 15.2 Å². The molecule has 0 spiro atoms. The molecule has 1 atom stereocenters. The fourth-order valence-corrected chi connectivity index (χ4v) is 3.16. The maximum Gasteiger partial charge on any atom is 0.172 e. The molecular formula is C16H23N3O2S. The van der Waals surface area contributed by atoms with E-state index < -0.39 is 5.60 Å². The number of aromatic nitrogens is 1. The summed E-state index contributed by atoms with van der Waals surface area (Å²) < 4.78 is 11.4. The third-order valence-electron chi connectivity index (χ3n) is 4.26. The van der Waals surface area contributed by atoms with Crippen molar-refractivity contribution in [3.63, 3.8) is 0 Å². The van der Waals surface area contributed by atoms with Gasteiger partial charge in [-0.3, -0.25) is 9.88 Å². The summed E-state index contributed by atoms with van der Waals surface area (Å²) >= 11 is 5.72. The molecule has 1 aliphatic heterocycles. The first-order valence-corrected chi connectivity index (χ1v) is 8.23. The van der Waals surface area contributed by atoms with Gasteiger partial charge in [-0.05, 0) is 25.0 Å². The minimum absolute atomic E-state index is 0.496. The van der Waals surface area contributed by atoms with Crippen molar-refractivity contribution >= 4 is 17.2 Å². The molecule has 2 aliphatic rings. The zero-order chi connectivity index (χ0) is 15.4. The van der Waals surface area contributed by atoms with E-state index in [1.165, 1.54) is 12.8 Å². The molecule has 0 radical (unpaired) electrons. The molecule has 120 valence electrons. The topological polar surface area (TPSA) is 46.6 Å². The highest BCUT2D eigenvalue weighted by Crippen LogP contribution is 2.29. The number of thiocarbonyl (C=S) groups is 1. The van der Waals surface area contributed by atoms with E-state index in [1.807, 2.05) is 18.2 Å². The summed E-state index contributed by atoms with van der Waals surface area (Å²) in [7, 11) is 1.72. The number of methoxy groups -OCH3 is 1. The van der Waals surface area contributed by atoms with Crippen molar-refractivity contribution in [1.29, 1.82) is 0 Å². The predicted molar refractivity (Wildman–Crippen MR) is 88.9 cm³/mol. The fraction of sp³-hybridized carbons (Fsp3) is 0.625. The first-order valence-electron chi connectivity index (χ1n) is 7.82. The number of ether oxygens (including phenoxy) is 2. The zero-order valence-electron chi connectivity index (χ0n) is 13.0. The average Bonchev–Trinajstić information content (AvgIpc) is 3.38. The van der Waals surface area contributed by atoms with Crippen LogP contribution in [0.1, 0.15) is 18.5 Å². The molecule has 0 amide bonds. The van der Waals surface area contributed by atoms with E-state index in [2.05, 4.69) is 15.2 Å². The van der Waals surface area contributed by atoms with Crippen LogP contribution in [0.25, 0.3) is 0 Å². The molecule has 0 aromatic carbocycles. The van der Waals surface area contributed by atoms with Crippen LogP contribution in [0.5, 0.6) is 0 Å². The molecular weight excluding hydrogens is 298 g/mol. The summed E-state index contributed by atoms with van der Waals surface area (Å²) in [5, 5.41) is 3.44. The predicted octanol–water partition coefficient (Wildman–Crippen LogP) is 1.33. The van der Waals surface area contributed by atoms with Gasteiger partial charge in [0.15, 0.2) is 5.60 Å². The van der Waals surface area contributed by atoms with Crippen LogP contribution in [-0.4, -0.2) is 60.9 Å². The Balaban J connectivity index is 1.86. The normalized spacial score (nSPS) is 22.0. The van der Waals surface area contributed by atoms with Gasteiger partial charge in [-0.15, -0.1) is 0 Å². The molecule has 1 unspecified atom stereocenters. The Morgan fingerprint density at radius 2 is 2.23 bits per heavy atom. The third-order valence-corrected chi connectivity index (χ3v) is 4.70. The van der Waals surface area contributed by atoms with Crippen LogP contribution in [0.3, 0.4) is 0 Å². The number of nitrogens with zero attached hydrogens (tertiary/aromatic N) is 2. The molecule has 1 saturated heterocycles. The van der Waals surface area contributed by atoms with E-state index >= 15 is 0 Å². The molecule has 22 heavy (non-hydrogen) atoms. The van der Waals surface area contributed by atoms with Crippen LogP contribution in [0.2, 0.25) is 0 Å². The molecule has 1 N–H and O–H groups in total. The van der Waals surface area contributed by atoms with Crippen molar-refractivity contribution in [2.24, 2.45) is 0 Å². The molecule has 1 aliphatic carbocycles. The molecule has 5 nitrogen and oxygen atoms in total. The second-order valence-corrected chi connectivity index (χ2v) is 6.29. The molecule has 3 rings (SSSR count). The van der Waals surface area contributed by atoms with Gasteiger partial charge < -0.3 is 14.8 Å². The number of pyridine rings is 1. The van der Waals surface area contributed by atoms with Gasteiger partial charge in [0.05, 0.1) is 18.9 Å². The monoisotopic (exact) mass is 321 g/mol. The summed E-state index contributed by atoms with van der Waals surface area (Å²) in [5.41, 5.74) is 0.165. The van der Waals surface area contributed by atoms with E-state index in [4.69, 9.17) is 21.7 Å². The lowest BCUT2D eigenvalue weighted by Crippen LogP contribution is -2.54. The number of rotatable bonds is 6. The van der Waals surface area contributed by atoms with Gasteiger partial charge >= 0.3 is 0 Å². The van der Waals surface area contributed by atoms with Crippen molar-refractivity contribution in [2.75, 3.05) is 40.0 Å². The van der Waals surface area contributed by atoms with Crippen LogP contribution in [-0.2, 0) is 15.1 Å². The van der Waals surface area contributed by atoms with Crippen LogP contribution in [0.15, 0.2) is 24.4 Å². The summed E-state index contributed by atoms with van der Waals surface area (Å²) in [4.78, 5) is 7.60. The van der Waals surface area contributed by atoms with E-state index in [1.54, 1.807) is 13.3 Å². The first kappa shape index (κ1) is 15.8. The van der Waals surface area contributed by atoms with Gasteiger partial charge in [0.2, 0.25) is 0 Å². The van der Waals surface area contributed by atoms with Crippen molar-refractivity contribution in [3.05, 3.63) is 30.1 Å². The molecule has 0 bridgehead atoms. The van der Waals surface area contributed by atoms with Gasteiger partial charge in [0.25, 0.3) is 0 Å². The third kappa shape index (κ3) is 3.46. The Morgan fingerprint density at radius 1 is 1.45 bits per heavy atom. The lowest BCUT2D eigenvalue weighted by Gasteiger charge is -2.38. The molecule has 1 aromatic rings. The smallest absolute Gasteiger partial charge is 0.172 e. The van der Waals surface area contributed by atoms with Gasteiger partial charge in [0.1, 0.15) is 4.99 Å². The number of hydrogen-bond acceptors (Lipinski definition) is 5. The largest absolute Gasteiger partial charge is 0.379 e. The van der Waals surface area contributed by atoms with Gasteiger partial charge in [-0.25, -0.2) is 0 Å². The van der Waals surface area contributed by atoms with Crippen molar-refractivity contribution in [3.8, 4) is 0 Å². The lowest BCUT2D eigenvalue weighted by molar-refractivity contribution is -0.0255. The molecule has 2 heterocycles. The van der Waals surface area contributed by atoms with Crippen LogP contribution in [0, 0.1) is 0 Å². The Kier molecular flexibility index (Phi) is 5.03. The minimum atomic E-state index is -0.698. The number of morpholine rings is 1. The first-order chi connectivity index (χ1) is 10.7. The summed E-state index contributed by atoms with van der Waals surface area (Å²) in [5.74, 6) is 0. The SMILES string of the molecule is COC(CN1CCOCC1)(C(=S)NC1CC1)c1ccccn1. The van der Waals surface area contributed by atoms with Crippen molar-refractivity contribution in [2.45, 2.75) is 24.5 Å². The van der Waals surface area contributed by atoms with Gasteiger partial charge in [-0.1, -0.05) is 18.3 Å². The highest BCUT2D eigenvalue weighted by Gasteiger charge is 2.42. The zero-order valence-corrected chi connectivity index (χ0v) is 13.8. The maximum atomic E-state index is 5.97. The molecule has 1 aromatic heterocycles. The summed E-state index contributed by atoms with van der Waals surface area (Å²) in [6, 6.07) is 6.38. The molecule has 1 saturated carbocycles. The van der Waals surface area contributed by atoms with Gasteiger partial charge in [0, 0.05) is 39.0 Å². The maximum absolute atomic E-state index is 5.97. The fourth-order valence-electron chi connectivity index (χ4n) is 2.74. The molecule has 2 fully saturated rings. The average molecular weight is 321 g/mol. The Labute approximate surface area is 137 Å². The minimum Gasteiger partial charge on any atom is -0.379 e. The van der Waals surface area contributed by atoms with Crippen LogP contribution >= 0.6 is 12.2 Å². The van der Waals surface area contributed by atoms with Crippen LogP contribution in [0.4, 0.5) is 0 Å². The summed E-state index contributed by atoms with van der Waals surface area (Å²) in [6.07, 6.45) is 4.15. The Hall–Kier alpha value is -1.08. The van der Waals surface area contributed by atoms with E-state index in [9.17, 15) is 0 Å². The number of nitrogens with one attached hydrogen (secondary N) is 1. The van der Waals surface area contributed by atoms with E-state index in [-0.39, 0.29) is 0 Å². The Bertz CT molecular complexity index is 503. The van der Waals surface area contributed by atoms with Crippen molar-refractivity contribution < 1.29 is 9.47 Å². The van der Waals surface area contributed by atoms with Crippen LogP contribution < -0.4 is 5.32 Å². The lowest BCUT2D eigenvalue weighted by atomic mass is 9.96. The highest BCUT2D eigenvalue weighted by molar-refractivity contribution is 7.80. The van der Waals surface area contributed by atoms with Gasteiger partial charge in [-0.2, -0.15) is 0 Å². The second-order valence-electron chi connectivity index (χ2n) is 5.88. The molecule has 6 heteroatoms. The quantitative estimate of drug-likeness (QED) is 0.798. The number of hydrogen-bond donors (Lipinski definition) is 1. The highest BCUT2D eigenvalue weighted by atomic mass is 32.1. The standard InChI is InChI=1S/C16H23N3O2S/c1-20-16(14-4-2-3-7-17-14,15(22)18-13-5-6-13)12-19-8-10-21-11-9-19/h2-4,7,13H,5-6,8-12H2,1H3,(H,18,22). The summed E-state index contributed by atoms with van der Waals surface area (Å²) in [6.45, 7) is 3.99. The van der Waals surface area contributed by atoms with E-state index in [0.29, 0.717) is 12.6 Å².